The minimum absolute atomic E-state index is 0.441. The fraction of sp³-hybridized carbons (Fsp3) is 0.400. The summed E-state index contributed by atoms with van der Waals surface area (Å²) < 4.78 is 2.20. The summed E-state index contributed by atoms with van der Waals surface area (Å²) in [6.45, 7) is 0.932. The maximum atomic E-state index is 5.28. The third kappa shape index (κ3) is 2.91. The number of hydrogen-bond donors (Lipinski definition) is 1. The highest BCUT2D eigenvalue weighted by molar-refractivity contribution is 5.74. The first-order valence-electron chi connectivity index (χ1n) is 6.35. The number of nitrogens with zero attached hydrogens (tertiary/aromatic N) is 2. The number of para-hydroxylation sites is 2. The molecule has 94 valence electrons. The van der Waals surface area contributed by atoms with Gasteiger partial charge in [0.15, 0.2) is 0 Å². The van der Waals surface area contributed by atoms with Gasteiger partial charge < -0.3 is 9.88 Å². The highest BCUT2D eigenvalue weighted by Gasteiger charge is 2.08. The van der Waals surface area contributed by atoms with E-state index in [2.05, 4.69) is 26.9 Å². The summed E-state index contributed by atoms with van der Waals surface area (Å²) in [6.07, 6.45) is 10.2. The van der Waals surface area contributed by atoms with E-state index in [1.165, 1.54) is 5.52 Å². The van der Waals surface area contributed by atoms with Gasteiger partial charge in [-0.1, -0.05) is 12.1 Å². The van der Waals surface area contributed by atoms with E-state index in [-0.39, 0.29) is 0 Å². The summed E-state index contributed by atoms with van der Waals surface area (Å²) in [6, 6.07) is 8.65. The summed E-state index contributed by atoms with van der Waals surface area (Å²) in [5, 5.41) is 3.35. The van der Waals surface area contributed by atoms with Gasteiger partial charge in [-0.2, -0.15) is 0 Å². The van der Waals surface area contributed by atoms with Crippen molar-refractivity contribution in [2.45, 2.75) is 31.8 Å². The van der Waals surface area contributed by atoms with Crippen molar-refractivity contribution in [3.63, 3.8) is 0 Å². The van der Waals surface area contributed by atoms with Crippen molar-refractivity contribution in [2.75, 3.05) is 7.05 Å². The highest BCUT2D eigenvalue weighted by atomic mass is 15.1. The lowest BCUT2D eigenvalue weighted by Gasteiger charge is -2.16. The molecule has 1 atom stereocenters. The molecule has 1 unspecified atom stereocenters. The van der Waals surface area contributed by atoms with E-state index in [4.69, 9.17) is 6.42 Å². The van der Waals surface area contributed by atoms with Gasteiger partial charge in [-0.3, -0.25) is 0 Å². The largest absolute Gasteiger partial charge is 0.329 e. The molecule has 0 bridgehead atoms. The number of aromatic nitrogens is 2. The van der Waals surface area contributed by atoms with Gasteiger partial charge in [0.2, 0.25) is 0 Å². The second kappa shape index (κ2) is 6.23. The number of unbranched alkanes of at least 4 members (excludes halogenated alkanes) is 1. The van der Waals surface area contributed by atoms with E-state index >= 15 is 0 Å². The zero-order chi connectivity index (χ0) is 12.8. The van der Waals surface area contributed by atoms with Crippen LogP contribution < -0.4 is 5.32 Å². The summed E-state index contributed by atoms with van der Waals surface area (Å²) in [4.78, 5) is 4.41. The van der Waals surface area contributed by atoms with Crippen LogP contribution in [0.25, 0.3) is 11.0 Å². The van der Waals surface area contributed by atoms with E-state index in [1.54, 1.807) is 0 Å². The number of likely N-dealkylation sites (N-methyl/N-ethyl adjacent to an activating group) is 1. The fourth-order valence-corrected chi connectivity index (χ4v) is 2.17. The molecule has 2 aromatic rings. The molecule has 1 heterocycles. The van der Waals surface area contributed by atoms with Crippen LogP contribution in [0, 0.1) is 12.3 Å². The lowest BCUT2D eigenvalue weighted by Crippen LogP contribution is -2.29. The van der Waals surface area contributed by atoms with E-state index < -0.39 is 0 Å². The first-order chi connectivity index (χ1) is 8.85. The molecule has 0 aliphatic carbocycles. The Labute approximate surface area is 108 Å². The lowest BCUT2D eigenvalue weighted by molar-refractivity contribution is 0.449. The molecule has 0 spiro atoms. The second-order valence-corrected chi connectivity index (χ2v) is 4.47. The second-order valence-electron chi connectivity index (χ2n) is 4.47. The lowest BCUT2D eigenvalue weighted by atomic mass is 10.1. The standard InChI is InChI=1S/C15H19N3/c1-3-4-5-8-13(16-2)11-18-12-17-14-9-6-7-10-15(14)18/h1,6-7,9-10,12-13,16H,4-5,8,11H2,2H3. The van der Waals surface area contributed by atoms with Crippen LogP contribution in [0.3, 0.4) is 0 Å². The van der Waals surface area contributed by atoms with E-state index in [0.29, 0.717) is 6.04 Å². The van der Waals surface area contributed by atoms with Crippen LogP contribution in [-0.2, 0) is 6.54 Å². The Kier molecular flexibility index (Phi) is 4.38. The Morgan fingerprint density at radius 2 is 2.28 bits per heavy atom. The molecule has 1 aromatic heterocycles. The van der Waals surface area contributed by atoms with Crippen LogP contribution in [0.2, 0.25) is 0 Å². The third-order valence-electron chi connectivity index (χ3n) is 3.23. The monoisotopic (exact) mass is 241 g/mol. The molecular formula is C15H19N3. The van der Waals surface area contributed by atoms with Gasteiger partial charge >= 0.3 is 0 Å². The number of hydrogen-bond acceptors (Lipinski definition) is 2. The van der Waals surface area contributed by atoms with Crippen molar-refractivity contribution < 1.29 is 0 Å². The number of terminal acetylenes is 1. The predicted molar refractivity (Wildman–Crippen MR) is 75.3 cm³/mol. The molecule has 0 amide bonds. The zero-order valence-corrected chi connectivity index (χ0v) is 10.8. The minimum Gasteiger partial charge on any atom is -0.329 e. The van der Waals surface area contributed by atoms with Crippen LogP contribution in [0.4, 0.5) is 0 Å². The van der Waals surface area contributed by atoms with Gasteiger partial charge in [0.1, 0.15) is 0 Å². The van der Waals surface area contributed by atoms with Gasteiger partial charge in [0, 0.05) is 19.0 Å². The molecule has 1 aromatic carbocycles. The molecule has 1 N–H and O–H groups in total. The molecule has 3 heteroatoms. The molecule has 3 nitrogen and oxygen atoms in total. The smallest absolute Gasteiger partial charge is 0.0958 e. The SMILES string of the molecule is C#CCCCC(Cn1cnc2ccccc21)NC. The van der Waals surface area contributed by atoms with E-state index in [0.717, 1.165) is 31.3 Å². The first kappa shape index (κ1) is 12.7. The third-order valence-corrected chi connectivity index (χ3v) is 3.23. The number of imidazole rings is 1. The number of nitrogens with one attached hydrogen (secondary N) is 1. The first-order valence-corrected chi connectivity index (χ1v) is 6.35. The molecule has 0 aliphatic rings. The van der Waals surface area contributed by atoms with Crippen molar-refractivity contribution in [3.8, 4) is 12.3 Å². The summed E-state index contributed by atoms with van der Waals surface area (Å²) in [5.41, 5.74) is 2.24. The van der Waals surface area contributed by atoms with Crippen LogP contribution in [-0.4, -0.2) is 22.6 Å². The predicted octanol–water partition coefficient (Wildman–Crippen LogP) is 2.43. The van der Waals surface area contributed by atoms with E-state index in [9.17, 15) is 0 Å². The number of benzene rings is 1. The molecule has 2 rings (SSSR count). The van der Waals surface area contributed by atoms with Gasteiger partial charge in [0.25, 0.3) is 0 Å². The minimum atomic E-state index is 0.441. The summed E-state index contributed by atoms with van der Waals surface area (Å²) >= 11 is 0. The number of rotatable bonds is 6. The Morgan fingerprint density at radius 3 is 3.06 bits per heavy atom. The Morgan fingerprint density at radius 1 is 1.44 bits per heavy atom. The molecule has 18 heavy (non-hydrogen) atoms. The highest BCUT2D eigenvalue weighted by Crippen LogP contribution is 2.13. The van der Waals surface area contributed by atoms with Gasteiger partial charge in [0.05, 0.1) is 17.4 Å². The van der Waals surface area contributed by atoms with Crippen LogP contribution in [0.15, 0.2) is 30.6 Å². The molecule has 0 fully saturated rings. The van der Waals surface area contributed by atoms with Gasteiger partial charge in [-0.15, -0.1) is 12.3 Å². The topological polar surface area (TPSA) is 29.9 Å². The van der Waals surface area contributed by atoms with Crippen molar-refractivity contribution in [1.29, 1.82) is 0 Å². The Bertz CT molecular complexity index is 536. The van der Waals surface area contributed by atoms with Crippen molar-refractivity contribution >= 4 is 11.0 Å². The van der Waals surface area contributed by atoms with E-state index in [1.807, 2.05) is 31.6 Å². The van der Waals surface area contributed by atoms with Gasteiger partial charge in [-0.25, -0.2) is 4.98 Å². The molecule has 0 aliphatic heterocycles. The molecule has 0 saturated carbocycles. The molecule has 0 radical (unpaired) electrons. The van der Waals surface area contributed by atoms with Gasteiger partial charge in [-0.05, 0) is 32.0 Å². The van der Waals surface area contributed by atoms with Crippen LogP contribution in [0.1, 0.15) is 19.3 Å². The van der Waals surface area contributed by atoms with Crippen molar-refractivity contribution in [1.82, 2.24) is 14.9 Å². The molecule has 0 saturated heterocycles. The normalized spacial score (nSPS) is 12.4. The quantitative estimate of drug-likeness (QED) is 0.622. The average molecular weight is 241 g/mol. The summed E-state index contributed by atoms with van der Waals surface area (Å²) in [5.74, 6) is 2.69. The Balaban J connectivity index is 2.05. The maximum absolute atomic E-state index is 5.28. The van der Waals surface area contributed by atoms with Crippen LogP contribution in [0.5, 0.6) is 0 Å². The Hall–Kier alpha value is -1.79. The van der Waals surface area contributed by atoms with Crippen molar-refractivity contribution in [3.05, 3.63) is 30.6 Å². The molecular weight excluding hydrogens is 222 g/mol. The fourth-order valence-electron chi connectivity index (χ4n) is 2.17. The summed E-state index contributed by atoms with van der Waals surface area (Å²) in [7, 11) is 2.00. The van der Waals surface area contributed by atoms with Crippen LogP contribution >= 0.6 is 0 Å². The van der Waals surface area contributed by atoms with Crippen molar-refractivity contribution in [2.24, 2.45) is 0 Å². The maximum Gasteiger partial charge on any atom is 0.0958 e. The zero-order valence-electron chi connectivity index (χ0n) is 10.8. The average Bonchev–Trinajstić information content (AvgIpc) is 2.81. The number of fused-ring (bicyclic) bond motifs is 1.